The van der Waals surface area contributed by atoms with Crippen molar-refractivity contribution in [2.45, 2.75) is 103 Å². The SMILES string of the molecule is Cc1ccc2c(c1)c1c(n2Cc2ccccc2F)-c2ccccc2C1[Si](C)(CCCCCCOC(C)(C)C)C1c2ccccc2-c2c1c1cc(C)ccc1n2Cc1ccccc1F. The van der Waals surface area contributed by atoms with E-state index in [9.17, 15) is 0 Å². The van der Waals surface area contributed by atoms with Crippen molar-refractivity contribution in [3.8, 4) is 22.5 Å². The molecule has 3 nitrogen and oxygen atoms in total. The standard InChI is InChI=1S/C57H58F2N2OSi/c1-37-27-29-49-45(33-37)51-53(60(49)35-39-19-9-15-25-47(39)58)41-21-11-13-23-43(41)55(51)63(6,32-18-8-7-17-31-62-57(3,4)5)56-44-24-14-12-22-42(44)54-52(56)46-34-38(2)28-30-50(46)61(54)36-40-20-10-16-26-48(40)59/h9-16,19-30,33-34,55-56H,7-8,17-18,31-32,35-36H2,1-6H3. The topological polar surface area (TPSA) is 19.1 Å². The van der Waals surface area contributed by atoms with Gasteiger partial charge in [-0.05, 0) is 99.7 Å². The van der Waals surface area contributed by atoms with Gasteiger partial charge in [-0.3, -0.25) is 0 Å². The van der Waals surface area contributed by atoms with Crippen LogP contribution < -0.4 is 0 Å². The summed E-state index contributed by atoms with van der Waals surface area (Å²) in [6.07, 6.45) is 4.44. The number of fused-ring (bicyclic) bond motifs is 10. The summed E-state index contributed by atoms with van der Waals surface area (Å²) >= 11 is 0. The van der Waals surface area contributed by atoms with Crippen molar-refractivity contribution >= 4 is 29.9 Å². The number of nitrogens with zero attached hydrogens (tertiary/aromatic N) is 2. The fourth-order valence-electron chi connectivity index (χ4n) is 11.5. The highest BCUT2D eigenvalue weighted by Crippen LogP contribution is 2.62. The molecule has 0 fully saturated rings. The zero-order valence-electron chi connectivity index (χ0n) is 37.6. The Morgan fingerprint density at radius 3 is 1.48 bits per heavy atom. The van der Waals surface area contributed by atoms with E-state index in [0.717, 1.165) is 49.4 Å². The van der Waals surface area contributed by atoms with Crippen molar-refractivity contribution in [2.75, 3.05) is 6.61 Å². The van der Waals surface area contributed by atoms with Crippen molar-refractivity contribution in [3.63, 3.8) is 0 Å². The molecule has 0 saturated heterocycles. The first-order chi connectivity index (χ1) is 30.4. The van der Waals surface area contributed by atoms with E-state index in [0.29, 0.717) is 24.2 Å². The molecule has 2 aliphatic rings. The average Bonchev–Trinajstić information content (AvgIpc) is 3.97. The van der Waals surface area contributed by atoms with Crippen LogP contribution in [0.1, 0.15) is 102 Å². The Kier molecular flexibility index (Phi) is 10.7. The first-order valence-electron chi connectivity index (χ1n) is 23.0. The Balaban J connectivity index is 1.20. The monoisotopic (exact) mass is 852 g/mol. The second kappa shape index (κ2) is 16.2. The second-order valence-electron chi connectivity index (χ2n) is 19.6. The van der Waals surface area contributed by atoms with Crippen LogP contribution in [0.4, 0.5) is 8.78 Å². The van der Waals surface area contributed by atoms with E-state index in [-0.39, 0.29) is 28.3 Å². The highest BCUT2D eigenvalue weighted by molar-refractivity contribution is 6.83. The van der Waals surface area contributed by atoms with Crippen molar-refractivity contribution in [3.05, 3.63) is 190 Å². The predicted molar refractivity (Wildman–Crippen MR) is 260 cm³/mol. The molecule has 8 aromatic rings. The Morgan fingerprint density at radius 2 is 1.00 bits per heavy atom. The van der Waals surface area contributed by atoms with Gasteiger partial charge in [0.1, 0.15) is 11.6 Å². The van der Waals surface area contributed by atoms with E-state index >= 15 is 8.78 Å². The third-order valence-corrected chi connectivity index (χ3v) is 19.5. The fourth-order valence-corrected chi connectivity index (χ4v) is 17.2. The summed E-state index contributed by atoms with van der Waals surface area (Å²) in [4.78, 5) is 0. The number of aromatic nitrogens is 2. The van der Waals surface area contributed by atoms with E-state index in [1.807, 2.05) is 24.3 Å². The third-order valence-electron chi connectivity index (χ3n) is 14.2. The number of aryl methyl sites for hydroxylation is 2. The van der Waals surface area contributed by atoms with Gasteiger partial charge in [-0.2, -0.15) is 0 Å². The first kappa shape index (κ1) is 41.4. The lowest BCUT2D eigenvalue weighted by Gasteiger charge is -2.41. The third kappa shape index (κ3) is 7.20. The summed E-state index contributed by atoms with van der Waals surface area (Å²) in [5.41, 5.74) is 17.0. The number of halogens is 2. The van der Waals surface area contributed by atoms with E-state index in [4.69, 9.17) is 4.74 Å². The van der Waals surface area contributed by atoms with Crippen LogP contribution in [0.25, 0.3) is 44.3 Å². The smallest absolute Gasteiger partial charge is 0.128 e. The van der Waals surface area contributed by atoms with Gasteiger partial charge in [-0.1, -0.05) is 140 Å². The summed E-state index contributed by atoms with van der Waals surface area (Å²) in [7, 11) is -2.64. The molecule has 0 amide bonds. The minimum absolute atomic E-state index is 0.139. The number of benzene rings is 6. The first-order valence-corrected chi connectivity index (χ1v) is 25.8. The average molecular weight is 853 g/mol. The Hall–Kier alpha value is -5.56. The van der Waals surface area contributed by atoms with Gasteiger partial charge in [0, 0.05) is 61.7 Å². The Bertz CT molecular complexity index is 2840. The molecule has 0 aliphatic heterocycles. The van der Waals surface area contributed by atoms with Gasteiger partial charge in [0.2, 0.25) is 0 Å². The normalized spacial score (nSPS) is 16.3. The maximum absolute atomic E-state index is 15.6. The van der Waals surface area contributed by atoms with Gasteiger partial charge >= 0.3 is 0 Å². The molecule has 0 bridgehead atoms. The van der Waals surface area contributed by atoms with E-state index < -0.39 is 8.07 Å². The number of hydrogen-bond acceptors (Lipinski definition) is 1. The van der Waals surface area contributed by atoms with E-state index in [1.54, 1.807) is 24.3 Å². The van der Waals surface area contributed by atoms with Gasteiger partial charge in [0.25, 0.3) is 0 Å². The van der Waals surface area contributed by atoms with Crippen LogP contribution in [0, 0.1) is 25.5 Å². The Labute approximate surface area is 372 Å². The quantitative estimate of drug-likeness (QED) is 0.0835. The number of unbranched alkanes of at least 4 members (excludes halogenated alkanes) is 3. The molecule has 10 rings (SSSR count). The van der Waals surface area contributed by atoms with Crippen LogP contribution in [0.3, 0.4) is 0 Å². The van der Waals surface area contributed by atoms with E-state index in [2.05, 4.69) is 135 Å². The number of hydrogen-bond donors (Lipinski definition) is 0. The van der Waals surface area contributed by atoms with Crippen LogP contribution >= 0.6 is 0 Å². The van der Waals surface area contributed by atoms with Crippen LogP contribution in [0.15, 0.2) is 133 Å². The summed E-state index contributed by atoms with van der Waals surface area (Å²) in [6, 6.07) is 47.6. The molecule has 0 saturated carbocycles. The molecule has 2 aliphatic carbocycles. The molecule has 2 unspecified atom stereocenters. The lowest BCUT2D eigenvalue weighted by Crippen LogP contribution is -2.45. The Morgan fingerprint density at radius 1 is 0.556 bits per heavy atom. The lowest BCUT2D eigenvalue weighted by molar-refractivity contribution is -0.00471. The van der Waals surface area contributed by atoms with Crippen LogP contribution in [0.2, 0.25) is 12.6 Å². The van der Waals surface area contributed by atoms with Gasteiger partial charge in [0.05, 0.1) is 38.2 Å². The van der Waals surface area contributed by atoms with Crippen molar-refractivity contribution in [1.82, 2.24) is 9.13 Å². The van der Waals surface area contributed by atoms with Gasteiger partial charge in [-0.25, -0.2) is 8.78 Å². The lowest BCUT2D eigenvalue weighted by atomic mass is 10.1. The second-order valence-corrected chi connectivity index (χ2v) is 24.3. The van der Waals surface area contributed by atoms with Crippen LogP contribution in [0.5, 0.6) is 0 Å². The summed E-state index contributed by atoms with van der Waals surface area (Å²) in [5.74, 6) is -0.348. The number of ether oxygens (including phenoxy) is 1. The van der Waals surface area contributed by atoms with Crippen LogP contribution in [-0.2, 0) is 17.8 Å². The minimum Gasteiger partial charge on any atom is -0.376 e. The molecule has 0 N–H and O–H groups in total. The van der Waals surface area contributed by atoms with Crippen molar-refractivity contribution in [2.24, 2.45) is 0 Å². The predicted octanol–water partition coefficient (Wildman–Crippen LogP) is 15.0. The molecule has 6 heteroatoms. The molecular formula is C57H58F2N2OSi. The van der Waals surface area contributed by atoms with Crippen molar-refractivity contribution < 1.29 is 13.5 Å². The molecule has 0 radical (unpaired) electrons. The van der Waals surface area contributed by atoms with E-state index in [1.165, 1.54) is 66.7 Å². The van der Waals surface area contributed by atoms with Crippen LogP contribution in [-0.4, -0.2) is 29.4 Å². The zero-order chi connectivity index (χ0) is 43.6. The van der Waals surface area contributed by atoms with Crippen molar-refractivity contribution in [1.29, 1.82) is 0 Å². The molecule has 2 aromatic heterocycles. The molecule has 2 atom stereocenters. The largest absolute Gasteiger partial charge is 0.376 e. The fraction of sp³-hybridized carbons (Fsp3) is 0.298. The summed E-state index contributed by atoms with van der Waals surface area (Å²) in [6.45, 7) is 15.2. The molecular weight excluding hydrogens is 795 g/mol. The molecule has 2 heterocycles. The highest BCUT2D eigenvalue weighted by atomic mass is 28.3. The maximum atomic E-state index is 15.6. The molecule has 63 heavy (non-hydrogen) atoms. The maximum Gasteiger partial charge on any atom is 0.128 e. The van der Waals surface area contributed by atoms with Gasteiger partial charge < -0.3 is 13.9 Å². The summed E-state index contributed by atoms with van der Waals surface area (Å²) in [5, 5.41) is 2.56. The zero-order valence-corrected chi connectivity index (χ0v) is 38.6. The minimum atomic E-state index is -2.64. The molecule has 6 aromatic carbocycles. The number of rotatable bonds is 13. The molecule has 320 valence electrons. The molecule has 0 spiro atoms. The highest BCUT2D eigenvalue weighted by Gasteiger charge is 2.54. The summed E-state index contributed by atoms with van der Waals surface area (Å²) < 4.78 is 42.3. The van der Waals surface area contributed by atoms with Gasteiger partial charge in [-0.15, -0.1) is 0 Å². The van der Waals surface area contributed by atoms with Gasteiger partial charge in [0.15, 0.2) is 0 Å².